The lowest BCUT2D eigenvalue weighted by molar-refractivity contribution is -0.182. The van der Waals surface area contributed by atoms with E-state index >= 15 is 0 Å². The second kappa shape index (κ2) is 3.97. The van der Waals surface area contributed by atoms with Crippen LogP contribution in [0.1, 0.15) is 24.4 Å². The summed E-state index contributed by atoms with van der Waals surface area (Å²) in [5.41, 5.74) is -1.21. The molecule has 1 spiro atoms. The maximum Gasteiger partial charge on any atom is 0.413 e. The van der Waals surface area contributed by atoms with Gasteiger partial charge in [-0.2, -0.15) is 13.2 Å². The molecule has 2 fully saturated rings. The van der Waals surface area contributed by atoms with Crippen molar-refractivity contribution in [2.75, 3.05) is 0 Å². The lowest BCUT2D eigenvalue weighted by atomic mass is 10.0. The van der Waals surface area contributed by atoms with Crippen LogP contribution in [0, 0.1) is 0 Å². The van der Waals surface area contributed by atoms with Gasteiger partial charge in [-0.1, -0.05) is 30.3 Å². The zero-order valence-electron chi connectivity index (χ0n) is 10.3. The number of rotatable bonds is 2. The minimum Gasteiger partial charge on any atom is -0.323 e. The summed E-state index contributed by atoms with van der Waals surface area (Å²) in [5.74, 6) is -0.784. The first-order valence-electron chi connectivity index (χ1n) is 6.13. The maximum absolute atomic E-state index is 13.3. The Hall–Kier alpha value is -2.05. The summed E-state index contributed by atoms with van der Waals surface area (Å²) >= 11 is 0. The standard InChI is InChI=1S/C13H11F3N2O2/c14-13(15,16)9(8-4-2-1-3-5-8)18-10(19)12(6-7-12)17-11(18)20/h1-5,9H,6-7H2,(H,17,20). The summed E-state index contributed by atoms with van der Waals surface area (Å²) < 4.78 is 39.9. The number of benzene rings is 1. The Bertz CT molecular complexity index is 567. The fourth-order valence-electron chi connectivity index (χ4n) is 2.46. The average Bonchev–Trinajstić information content (AvgIpc) is 3.10. The Morgan fingerprint density at radius 3 is 2.20 bits per heavy atom. The Morgan fingerprint density at radius 1 is 1.15 bits per heavy atom. The molecule has 1 unspecified atom stereocenters. The molecule has 1 atom stereocenters. The number of amides is 3. The quantitative estimate of drug-likeness (QED) is 0.848. The van der Waals surface area contributed by atoms with Crippen molar-refractivity contribution in [3.05, 3.63) is 35.9 Å². The van der Waals surface area contributed by atoms with Gasteiger partial charge in [-0.15, -0.1) is 0 Å². The van der Waals surface area contributed by atoms with Crippen LogP contribution in [0.3, 0.4) is 0 Å². The first kappa shape index (κ1) is 13.0. The number of nitrogens with one attached hydrogen (secondary N) is 1. The highest BCUT2D eigenvalue weighted by atomic mass is 19.4. The average molecular weight is 284 g/mol. The van der Waals surface area contributed by atoms with E-state index < -0.39 is 29.7 Å². The molecule has 4 nitrogen and oxygen atoms in total. The molecule has 3 amide bonds. The van der Waals surface area contributed by atoms with E-state index in [4.69, 9.17) is 0 Å². The van der Waals surface area contributed by atoms with Crippen molar-refractivity contribution in [3.63, 3.8) is 0 Å². The molecule has 0 radical (unpaired) electrons. The van der Waals surface area contributed by atoms with Gasteiger partial charge >= 0.3 is 12.2 Å². The van der Waals surface area contributed by atoms with Crippen molar-refractivity contribution in [3.8, 4) is 0 Å². The number of carbonyl (C=O) groups excluding carboxylic acids is 2. The van der Waals surface area contributed by atoms with Gasteiger partial charge in [0, 0.05) is 0 Å². The number of nitrogens with zero attached hydrogens (tertiary/aromatic N) is 1. The molecule has 20 heavy (non-hydrogen) atoms. The van der Waals surface area contributed by atoms with Crippen LogP contribution in [-0.4, -0.2) is 28.6 Å². The van der Waals surface area contributed by atoms with Gasteiger partial charge in [0.2, 0.25) is 0 Å². The van der Waals surface area contributed by atoms with Gasteiger partial charge in [-0.05, 0) is 18.4 Å². The third-order valence-electron chi connectivity index (χ3n) is 3.63. The van der Waals surface area contributed by atoms with Crippen molar-refractivity contribution < 1.29 is 22.8 Å². The molecule has 0 bridgehead atoms. The van der Waals surface area contributed by atoms with E-state index in [0.29, 0.717) is 17.7 Å². The molecular weight excluding hydrogens is 273 g/mol. The largest absolute Gasteiger partial charge is 0.413 e. The van der Waals surface area contributed by atoms with Crippen molar-refractivity contribution in [1.82, 2.24) is 10.2 Å². The summed E-state index contributed by atoms with van der Waals surface area (Å²) in [6.07, 6.45) is -3.92. The van der Waals surface area contributed by atoms with Crippen LogP contribution in [0.4, 0.5) is 18.0 Å². The number of alkyl halides is 3. The third-order valence-corrected chi connectivity index (χ3v) is 3.63. The number of imide groups is 1. The molecule has 7 heteroatoms. The van der Waals surface area contributed by atoms with Gasteiger partial charge in [-0.25, -0.2) is 9.69 Å². The fourth-order valence-corrected chi connectivity index (χ4v) is 2.46. The minimum absolute atomic E-state index is 0.124. The summed E-state index contributed by atoms with van der Waals surface area (Å²) in [6, 6.07) is 3.77. The predicted molar refractivity (Wildman–Crippen MR) is 62.6 cm³/mol. The maximum atomic E-state index is 13.3. The lowest BCUT2D eigenvalue weighted by Gasteiger charge is -2.27. The van der Waals surface area contributed by atoms with Crippen LogP contribution in [0.15, 0.2) is 30.3 Å². The molecule has 1 N–H and O–H groups in total. The van der Waals surface area contributed by atoms with Crippen LogP contribution in [0.25, 0.3) is 0 Å². The van der Waals surface area contributed by atoms with Crippen LogP contribution in [-0.2, 0) is 4.79 Å². The molecular formula is C13H11F3N2O2. The van der Waals surface area contributed by atoms with Crippen LogP contribution >= 0.6 is 0 Å². The highest BCUT2D eigenvalue weighted by Crippen LogP contribution is 2.47. The van der Waals surface area contributed by atoms with Crippen molar-refractivity contribution in [2.24, 2.45) is 0 Å². The molecule has 1 saturated carbocycles. The van der Waals surface area contributed by atoms with Crippen LogP contribution in [0.2, 0.25) is 0 Å². The molecule has 3 rings (SSSR count). The van der Waals surface area contributed by atoms with Crippen molar-refractivity contribution in [2.45, 2.75) is 30.6 Å². The van der Waals surface area contributed by atoms with E-state index in [1.54, 1.807) is 6.07 Å². The minimum atomic E-state index is -4.71. The third kappa shape index (κ3) is 1.85. The van der Waals surface area contributed by atoms with Crippen molar-refractivity contribution >= 4 is 11.9 Å². The van der Waals surface area contributed by atoms with Gasteiger partial charge in [0.25, 0.3) is 5.91 Å². The van der Waals surface area contributed by atoms with Crippen molar-refractivity contribution in [1.29, 1.82) is 0 Å². The molecule has 106 valence electrons. The van der Waals surface area contributed by atoms with Gasteiger partial charge in [0.1, 0.15) is 5.54 Å². The van der Waals surface area contributed by atoms with Gasteiger partial charge in [0.15, 0.2) is 6.04 Å². The first-order chi connectivity index (χ1) is 9.35. The van der Waals surface area contributed by atoms with Crippen LogP contribution < -0.4 is 5.32 Å². The van der Waals surface area contributed by atoms with E-state index in [1.807, 2.05) is 0 Å². The predicted octanol–water partition coefficient (Wildman–Crippen LogP) is 2.37. The number of halogens is 3. The van der Waals surface area contributed by atoms with E-state index in [2.05, 4.69) is 5.32 Å². The summed E-state index contributed by atoms with van der Waals surface area (Å²) in [4.78, 5) is 24.2. The Kier molecular flexibility index (Phi) is 2.57. The number of carbonyl (C=O) groups is 2. The summed E-state index contributed by atoms with van der Waals surface area (Å²) in [5, 5.41) is 2.36. The van der Waals surface area contributed by atoms with E-state index in [1.165, 1.54) is 24.3 Å². The second-order valence-electron chi connectivity index (χ2n) is 5.04. The van der Waals surface area contributed by atoms with E-state index in [9.17, 15) is 22.8 Å². The summed E-state index contributed by atoms with van der Waals surface area (Å²) in [7, 11) is 0. The number of urea groups is 1. The topological polar surface area (TPSA) is 49.4 Å². The Morgan fingerprint density at radius 2 is 1.75 bits per heavy atom. The SMILES string of the molecule is O=C1NC2(CC2)C(=O)N1C(c1ccccc1)C(F)(F)F. The Labute approximate surface area is 112 Å². The molecule has 1 aliphatic heterocycles. The number of hydrogen-bond acceptors (Lipinski definition) is 2. The molecule has 1 aliphatic carbocycles. The normalized spacial score (nSPS) is 22.1. The zero-order valence-corrected chi connectivity index (χ0v) is 10.3. The first-order valence-corrected chi connectivity index (χ1v) is 6.13. The van der Waals surface area contributed by atoms with E-state index in [0.717, 1.165) is 0 Å². The monoisotopic (exact) mass is 284 g/mol. The van der Waals surface area contributed by atoms with Crippen LogP contribution in [0.5, 0.6) is 0 Å². The molecule has 0 aromatic heterocycles. The van der Waals surface area contributed by atoms with Gasteiger partial charge in [-0.3, -0.25) is 4.79 Å². The van der Waals surface area contributed by atoms with Gasteiger partial charge < -0.3 is 5.32 Å². The van der Waals surface area contributed by atoms with E-state index in [-0.39, 0.29) is 5.56 Å². The molecule has 1 saturated heterocycles. The Balaban J connectivity index is 2.03. The fraction of sp³-hybridized carbons (Fsp3) is 0.385. The highest BCUT2D eigenvalue weighted by molar-refractivity contribution is 6.09. The number of hydrogen-bond donors (Lipinski definition) is 1. The van der Waals surface area contributed by atoms with Gasteiger partial charge in [0.05, 0.1) is 0 Å². The molecule has 1 heterocycles. The highest BCUT2D eigenvalue weighted by Gasteiger charge is 2.64. The second-order valence-corrected chi connectivity index (χ2v) is 5.04. The molecule has 1 aromatic carbocycles. The molecule has 2 aliphatic rings. The lowest BCUT2D eigenvalue weighted by Crippen LogP contribution is -2.43. The summed E-state index contributed by atoms with van der Waals surface area (Å²) in [6.45, 7) is 0. The smallest absolute Gasteiger partial charge is 0.323 e. The molecule has 1 aromatic rings. The zero-order chi connectivity index (χ0) is 14.5.